The monoisotopic (exact) mass is 446 g/mol. The maximum absolute atomic E-state index is 12.5. The van der Waals surface area contributed by atoms with E-state index >= 15 is 0 Å². The summed E-state index contributed by atoms with van der Waals surface area (Å²) in [6, 6.07) is 11.8. The molecule has 0 saturated heterocycles. The maximum atomic E-state index is 12.5. The summed E-state index contributed by atoms with van der Waals surface area (Å²) in [6.45, 7) is -0.433. The number of nitrogens with one attached hydrogen (secondary N) is 1. The van der Waals surface area contributed by atoms with E-state index in [0.29, 0.717) is 39.1 Å². The Morgan fingerprint density at radius 2 is 1.69 bits per heavy atom. The Morgan fingerprint density at radius 3 is 2.31 bits per heavy atom. The van der Waals surface area contributed by atoms with E-state index in [9.17, 15) is 9.59 Å². The Balaban J connectivity index is 1.41. The molecule has 1 aromatic carbocycles. The minimum atomic E-state index is -0.655. The predicted octanol–water partition coefficient (Wildman–Crippen LogP) is 4.40. The number of aromatic nitrogens is 3. The fourth-order valence-corrected chi connectivity index (χ4v) is 3.55. The van der Waals surface area contributed by atoms with Gasteiger partial charge >= 0.3 is 5.97 Å². The number of thiazole rings is 1. The highest BCUT2D eigenvalue weighted by Crippen LogP contribution is 2.31. The van der Waals surface area contributed by atoms with Gasteiger partial charge in [0.1, 0.15) is 11.4 Å². The van der Waals surface area contributed by atoms with Gasteiger partial charge in [-0.15, -0.1) is 11.3 Å². The molecule has 5 rings (SSSR count). The summed E-state index contributed by atoms with van der Waals surface area (Å²) in [5, 5.41) is 4.71. The number of carbonyl (C=O) groups is 2. The van der Waals surface area contributed by atoms with Crippen LogP contribution < -0.4 is 5.32 Å². The summed E-state index contributed by atoms with van der Waals surface area (Å²) in [5.74, 6) is -0.0760. The standard InChI is InChI=1S/C22H14N4O5S/c27-18(26-22-23-7-10-32-22)12-31-21(28)13-5-6-14-15(11-13)25-20(17-4-2-9-30-17)19(24-14)16-3-1-8-29-16/h1-11H,12H2,(H,23,26,27). The molecule has 0 spiro atoms. The molecule has 4 aromatic heterocycles. The summed E-state index contributed by atoms with van der Waals surface area (Å²) in [5.41, 5.74) is 2.26. The van der Waals surface area contributed by atoms with Crippen LogP contribution >= 0.6 is 11.3 Å². The zero-order valence-corrected chi connectivity index (χ0v) is 17.2. The number of esters is 1. The molecule has 158 valence electrons. The highest BCUT2D eigenvalue weighted by atomic mass is 32.1. The third-order valence-electron chi connectivity index (χ3n) is 4.42. The van der Waals surface area contributed by atoms with Crippen LogP contribution in [0.4, 0.5) is 5.13 Å². The lowest BCUT2D eigenvalue weighted by atomic mass is 10.1. The minimum Gasteiger partial charge on any atom is -0.463 e. The zero-order chi connectivity index (χ0) is 21.9. The van der Waals surface area contributed by atoms with E-state index in [0.717, 1.165) is 0 Å². The topological polar surface area (TPSA) is 120 Å². The second-order valence-electron chi connectivity index (χ2n) is 6.54. The molecular formula is C22H14N4O5S. The molecule has 0 aliphatic heterocycles. The molecular weight excluding hydrogens is 432 g/mol. The Hall–Kier alpha value is -4.31. The Bertz CT molecular complexity index is 1380. The number of ether oxygens (including phenoxy) is 1. The van der Waals surface area contributed by atoms with Gasteiger partial charge in [-0.1, -0.05) is 0 Å². The number of anilines is 1. The number of benzene rings is 1. The van der Waals surface area contributed by atoms with Crippen LogP contribution in [0.2, 0.25) is 0 Å². The Kier molecular flexibility index (Phi) is 5.18. The molecule has 1 N–H and O–H groups in total. The van der Waals surface area contributed by atoms with Gasteiger partial charge in [-0.25, -0.2) is 19.7 Å². The molecule has 0 aliphatic carbocycles. The SMILES string of the molecule is O=C(COC(=O)c1ccc2nc(-c3ccco3)c(-c3ccco3)nc2c1)Nc1nccs1. The van der Waals surface area contributed by atoms with E-state index in [4.69, 9.17) is 13.6 Å². The summed E-state index contributed by atoms with van der Waals surface area (Å²) in [7, 11) is 0. The molecule has 0 saturated carbocycles. The predicted molar refractivity (Wildman–Crippen MR) is 116 cm³/mol. The van der Waals surface area contributed by atoms with Gasteiger partial charge in [-0.3, -0.25) is 10.1 Å². The normalized spacial score (nSPS) is 10.9. The fourth-order valence-electron chi connectivity index (χ4n) is 3.01. The van der Waals surface area contributed by atoms with Crippen molar-refractivity contribution in [3.8, 4) is 22.9 Å². The van der Waals surface area contributed by atoms with Crippen molar-refractivity contribution in [2.24, 2.45) is 0 Å². The fraction of sp³-hybridized carbons (Fsp3) is 0.0455. The molecule has 1 amide bonds. The number of rotatable bonds is 6. The molecule has 5 aromatic rings. The van der Waals surface area contributed by atoms with Crippen LogP contribution in [-0.2, 0) is 9.53 Å². The van der Waals surface area contributed by atoms with Gasteiger partial charge in [0, 0.05) is 11.6 Å². The molecule has 0 atom stereocenters. The molecule has 4 heterocycles. The molecule has 0 radical (unpaired) electrons. The van der Waals surface area contributed by atoms with Crippen LogP contribution in [-0.4, -0.2) is 33.4 Å². The molecule has 0 unspecified atom stereocenters. The van der Waals surface area contributed by atoms with E-state index in [-0.39, 0.29) is 5.56 Å². The highest BCUT2D eigenvalue weighted by molar-refractivity contribution is 7.13. The number of hydrogen-bond acceptors (Lipinski definition) is 9. The second kappa shape index (κ2) is 8.44. The van der Waals surface area contributed by atoms with Crippen molar-refractivity contribution in [2.45, 2.75) is 0 Å². The van der Waals surface area contributed by atoms with Gasteiger partial charge in [-0.2, -0.15) is 0 Å². The van der Waals surface area contributed by atoms with Crippen molar-refractivity contribution in [2.75, 3.05) is 11.9 Å². The molecule has 0 aliphatic rings. The summed E-state index contributed by atoms with van der Waals surface area (Å²) in [4.78, 5) is 37.6. The van der Waals surface area contributed by atoms with Crippen LogP contribution in [0.25, 0.3) is 33.9 Å². The van der Waals surface area contributed by atoms with Crippen LogP contribution in [0.5, 0.6) is 0 Å². The van der Waals surface area contributed by atoms with Gasteiger partial charge in [0.25, 0.3) is 5.91 Å². The molecule has 0 fully saturated rings. The first-order valence-corrected chi connectivity index (χ1v) is 10.3. The van der Waals surface area contributed by atoms with Gasteiger partial charge < -0.3 is 13.6 Å². The minimum absolute atomic E-state index is 0.241. The van der Waals surface area contributed by atoms with Crippen molar-refractivity contribution in [1.29, 1.82) is 0 Å². The van der Waals surface area contributed by atoms with E-state index in [1.807, 2.05) is 0 Å². The van der Waals surface area contributed by atoms with Crippen LogP contribution in [0.3, 0.4) is 0 Å². The first-order valence-electron chi connectivity index (χ1n) is 9.43. The van der Waals surface area contributed by atoms with Crippen LogP contribution in [0.1, 0.15) is 10.4 Å². The lowest BCUT2D eigenvalue weighted by molar-refractivity contribution is -0.119. The van der Waals surface area contributed by atoms with Crippen molar-refractivity contribution in [3.63, 3.8) is 0 Å². The van der Waals surface area contributed by atoms with Crippen molar-refractivity contribution in [3.05, 3.63) is 72.1 Å². The van der Waals surface area contributed by atoms with E-state index in [1.54, 1.807) is 60.3 Å². The maximum Gasteiger partial charge on any atom is 0.338 e. The first-order chi connectivity index (χ1) is 15.7. The number of nitrogens with zero attached hydrogens (tertiary/aromatic N) is 3. The van der Waals surface area contributed by atoms with Crippen LogP contribution in [0, 0.1) is 0 Å². The largest absolute Gasteiger partial charge is 0.463 e. The van der Waals surface area contributed by atoms with Gasteiger partial charge in [0.15, 0.2) is 23.3 Å². The molecule has 0 bridgehead atoms. The molecule has 9 nitrogen and oxygen atoms in total. The first kappa shape index (κ1) is 19.6. The van der Waals surface area contributed by atoms with E-state index in [1.165, 1.54) is 17.6 Å². The molecule has 10 heteroatoms. The highest BCUT2D eigenvalue weighted by Gasteiger charge is 2.18. The lowest BCUT2D eigenvalue weighted by Crippen LogP contribution is -2.20. The third-order valence-corrected chi connectivity index (χ3v) is 5.11. The summed E-state index contributed by atoms with van der Waals surface area (Å²) >= 11 is 1.27. The number of furan rings is 2. The van der Waals surface area contributed by atoms with Crippen molar-refractivity contribution < 1.29 is 23.2 Å². The van der Waals surface area contributed by atoms with E-state index in [2.05, 4.69) is 20.3 Å². The third kappa shape index (κ3) is 3.98. The number of carbonyl (C=O) groups excluding carboxylic acids is 2. The Labute approximate surface area is 184 Å². The van der Waals surface area contributed by atoms with Gasteiger partial charge in [0.05, 0.1) is 29.1 Å². The summed E-state index contributed by atoms with van der Waals surface area (Å²) in [6.07, 6.45) is 4.66. The lowest BCUT2D eigenvalue weighted by Gasteiger charge is -2.08. The Morgan fingerprint density at radius 1 is 0.969 bits per heavy atom. The average Bonchev–Trinajstić information content (AvgIpc) is 3.59. The average molecular weight is 446 g/mol. The van der Waals surface area contributed by atoms with Crippen molar-refractivity contribution in [1.82, 2.24) is 15.0 Å². The quantitative estimate of drug-likeness (QED) is 0.381. The summed E-state index contributed by atoms with van der Waals surface area (Å²) < 4.78 is 16.1. The number of fused-ring (bicyclic) bond motifs is 1. The number of hydrogen-bond donors (Lipinski definition) is 1. The van der Waals surface area contributed by atoms with Gasteiger partial charge in [0.2, 0.25) is 0 Å². The number of amides is 1. The second-order valence-corrected chi connectivity index (χ2v) is 7.44. The van der Waals surface area contributed by atoms with Crippen LogP contribution in [0.15, 0.2) is 75.4 Å². The molecule has 32 heavy (non-hydrogen) atoms. The van der Waals surface area contributed by atoms with E-state index < -0.39 is 18.5 Å². The zero-order valence-electron chi connectivity index (χ0n) is 16.3. The smallest absolute Gasteiger partial charge is 0.338 e. The van der Waals surface area contributed by atoms with Crippen molar-refractivity contribution >= 4 is 39.4 Å². The van der Waals surface area contributed by atoms with Gasteiger partial charge in [-0.05, 0) is 42.5 Å².